The van der Waals surface area contributed by atoms with Crippen molar-refractivity contribution in [2.24, 2.45) is 0 Å². The minimum absolute atomic E-state index is 0. The lowest BCUT2D eigenvalue weighted by Gasteiger charge is -2.26. The fourth-order valence-corrected chi connectivity index (χ4v) is 1.69. The fourth-order valence-electron chi connectivity index (χ4n) is 1.69. The molecule has 0 spiro atoms. The van der Waals surface area contributed by atoms with Crippen LogP contribution in [0.1, 0.15) is 5.69 Å². The highest BCUT2D eigenvalue weighted by molar-refractivity contribution is 5.85. The second-order valence-corrected chi connectivity index (χ2v) is 3.98. The summed E-state index contributed by atoms with van der Waals surface area (Å²) in [4.78, 5) is 13.3. The minimum atomic E-state index is -0.293. The van der Waals surface area contributed by atoms with E-state index in [1.807, 2.05) is 0 Å². The molecule has 0 radical (unpaired) electrons. The highest BCUT2D eigenvalue weighted by Crippen LogP contribution is 1.98. The van der Waals surface area contributed by atoms with Gasteiger partial charge < -0.3 is 20.1 Å². The lowest BCUT2D eigenvalue weighted by Crippen LogP contribution is -2.46. The molecule has 2 N–H and O–H groups in total. The van der Waals surface area contributed by atoms with Crippen molar-refractivity contribution >= 4 is 18.5 Å². The van der Waals surface area contributed by atoms with Gasteiger partial charge in [-0.1, -0.05) is 5.21 Å². The molecular weight excluding hydrogens is 274 g/mol. The van der Waals surface area contributed by atoms with Gasteiger partial charge in [-0.25, -0.2) is 9.48 Å². The van der Waals surface area contributed by atoms with Gasteiger partial charge in [0.05, 0.1) is 19.3 Å². The Morgan fingerprint density at radius 2 is 2.21 bits per heavy atom. The van der Waals surface area contributed by atoms with Crippen molar-refractivity contribution < 1.29 is 14.6 Å². The molecule has 19 heavy (non-hydrogen) atoms. The van der Waals surface area contributed by atoms with Crippen LogP contribution in [0, 0.1) is 0 Å². The Bertz CT molecular complexity index is 394. The Hall–Kier alpha value is -1.38. The SMILES string of the molecule is Cl.O=C(OCCn1cc(CO)nn1)N1CCNCC1. The first-order valence-electron chi connectivity index (χ1n) is 5.92. The molecule has 0 aliphatic carbocycles. The molecule has 9 heteroatoms. The second-order valence-electron chi connectivity index (χ2n) is 3.98. The third kappa shape index (κ3) is 4.66. The summed E-state index contributed by atoms with van der Waals surface area (Å²) < 4.78 is 6.67. The molecule has 1 aliphatic heterocycles. The van der Waals surface area contributed by atoms with Gasteiger partial charge in [-0.3, -0.25) is 0 Å². The van der Waals surface area contributed by atoms with Crippen molar-refractivity contribution in [1.29, 1.82) is 0 Å². The monoisotopic (exact) mass is 291 g/mol. The Morgan fingerprint density at radius 3 is 2.84 bits per heavy atom. The summed E-state index contributed by atoms with van der Waals surface area (Å²) in [5.74, 6) is 0. The third-order valence-electron chi connectivity index (χ3n) is 2.67. The number of halogens is 1. The van der Waals surface area contributed by atoms with Gasteiger partial charge in [0, 0.05) is 26.2 Å². The second kappa shape index (κ2) is 7.93. The Balaban J connectivity index is 0.00000180. The lowest BCUT2D eigenvalue weighted by molar-refractivity contribution is 0.0936. The molecule has 1 amide bonds. The highest BCUT2D eigenvalue weighted by Gasteiger charge is 2.16. The van der Waals surface area contributed by atoms with E-state index in [1.165, 1.54) is 4.68 Å². The first kappa shape index (κ1) is 15.7. The van der Waals surface area contributed by atoms with Gasteiger partial charge >= 0.3 is 6.09 Å². The molecule has 2 rings (SSSR count). The maximum Gasteiger partial charge on any atom is 0.409 e. The first-order chi connectivity index (χ1) is 8.79. The standard InChI is InChI=1S/C10H17N5O3.ClH/c16-8-9-7-15(13-12-9)5-6-18-10(17)14-3-1-11-2-4-14;/h7,11,16H,1-6,8H2;1H. The Kier molecular flexibility index (Phi) is 6.54. The van der Waals surface area contributed by atoms with Crippen LogP contribution < -0.4 is 5.32 Å². The van der Waals surface area contributed by atoms with E-state index in [0.29, 0.717) is 25.3 Å². The number of aliphatic hydroxyl groups excluding tert-OH is 1. The number of carbonyl (C=O) groups excluding carboxylic acids is 1. The summed E-state index contributed by atoms with van der Waals surface area (Å²) in [5, 5.41) is 19.5. The van der Waals surface area contributed by atoms with Crippen LogP contribution >= 0.6 is 12.4 Å². The van der Waals surface area contributed by atoms with Crippen LogP contribution in [0.3, 0.4) is 0 Å². The van der Waals surface area contributed by atoms with E-state index >= 15 is 0 Å². The summed E-state index contributed by atoms with van der Waals surface area (Å²) in [6, 6.07) is 0. The molecule has 1 aromatic rings. The molecule has 108 valence electrons. The van der Waals surface area contributed by atoms with Gasteiger partial charge in [0.1, 0.15) is 12.3 Å². The summed E-state index contributed by atoms with van der Waals surface area (Å²) in [6.07, 6.45) is 1.33. The molecule has 0 aromatic carbocycles. The highest BCUT2D eigenvalue weighted by atomic mass is 35.5. The number of hydrogen-bond donors (Lipinski definition) is 2. The van der Waals surface area contributed by atoms with Gasteiger partial charge in [0.2, 0.25) is 0 Å². The molecule has 2 heterocycles. The summed E-state index contributed by atoms with van der Waals surface area (Å²) in [6.45, 7) is 3.51. The smallest absolute Gasteiger partial charge is 0.409 e. The van der Waals surface area contributed by atoms with E-state index < -0.39 is 0 Å². The normalized spacial score (nSPS) is 14.9. The zero-order valence-electron chi connectivity index (χ0n) is 10.5. The zero-order valence-corrected chi connectivity index (χ0v) is 11.3. The molecule has 1 aromatic heterocycles. The predicted molar refractivity (Wildman–Crippen MR) is 69.0 cm³/mol. The number of aromatic nitrogens is 3. The van der Waals surface area contributed by atoms with Gasteiger partial charge in [-0.05, 0) is 0 Å². The van der Waals surface area contributed by atoms with Crippen molar-refractivity contribution in [3.8, 4) is 0 Å². The summed E-state index contributed by atoms with van der Waals surface area (Å²) in [5.41, 5.74) is 0.503. The van der Waals surface area contributed by atoms with Crippen LogP contribution in [0.5, 0.6) is 0 Å². The number of ether oxygens (including phenoxy) is 1. The number of hydrogen-bond acceptors (Lipinski definition) is 6. The van der Waals surface area contributed by atoms with Crippen molar-refractivity contribution in [1.82, 2.24) is 25.2 Å². The number of nitrogens with one attached hydrogen (secondary N) is 1. The molecule has 0 unspecified atom stereocenters. The van der Waals surface area contributed by atoms with Gasteiger partial charge in [-0.2, -0.15) is 0 Å². The zero-order chi connectivity index (χ0) is 12.8. The number of rotatable bonds is 4. The van der Waals surface area contributed by atoms with E-state index in [4.69, 9.17) is 9.84 Å². The number of amides is 1. The topological polar surface area (TPSA) is 92.5 Å². The Labute approximate surface area is 117 Å². The van der Waals surface area contributed by atoms with E-state index in [9.17, 15) is 4.79 Å². The van der Waals surface area contributed by atoms with Crippen LogP contribution in [0.2, 0.25) is 0 Å². The van der Waals surface area contributed by atoms with E-state index in [1.54, 1.807) is 11.1 Å². The number of aliphatic hydroxyl groups is 1. The molecule has 1 fully saturated rings. The van der Waals surface area contributed by atoms with E-state index in [2.05, 4.69) is 15.6 Å². The molecule has 0 bridgehead atoms. The van der Waals surface area contributed by atoms with Crippen LogP contribution in [0.4, 0.5) is 4.79 Å². The summed E-state index contributed by atoms with van der Waals surface area (Å²) in [7, 11) is 0. The quantitative estimate of drug-likeness (QED) is 0.757. The molecular formula is C10H18ClN5O3. The van der Waals surface area contributed by atoms with E-state index in [-0.39, 0.29) is 31.7 Å². The largest absolute Gasteiger partial charge is 0.447 e. The maximum atomic E-state index is 11.6. The Morgan fingerprint density at radius 1 is 1.47 bits per heavy atom. The van der Waals surface area contributed by atoms with Gasteiger partial charge in [0.15, 0.2) is 0 Å². The first-order valence-corrected chi connectivity index (χ1v) is 5.92. The van der Waals surface area contributed by atoms with Crippen LogP contribution in [0.15, 0.2) is 6.20 Å². The van der Waals surface area contributed by atoms with Gasteiger partial charge in [-0.15, -0.1) is 17.5 Å². The number of piperazine rings is 1. The number of nitrogens with zero attached hydrogens (tertiary/aromatic N) is 4. The van der Waals surface area contributed by atoms with Crippen molar-refractivity contribution in [3.05, 3.63) is 11.9 Å². The lowest BCUT2D eigenvalue weighted by atomic mass is 10.4. The van der Waals surface area contributed by atoms with Gasteiger partial charge in [0.25, 0.3) is 0 Å². The van der Waals surface area contributed by atoms with Crippen molar-refractivity contribution in [2.45, 2.75) is 13.2 Å². The molecule has 8 nitrogen and oxygen atoms in total. The average Bonchev–Trinajstić information content (AvgIpc) is 2.87. The van der Waals surface area contributed by atoms with E-state index in [0.717, 1.165) is 13.1 Å². The fraction of sp³-hybridized carbons (Fsp3) is 0.700. The van der Waals surface area contributed by atoms with Crippen LogP contribution in [-0.4, -0.2) is 63.9 Å². The van der Waals surface area contributed by atoms with Crippen molar-refractivity contribution in [2.75, 3.05) is 32.8 Å². The average molecular weight is 292 g/mol. The number of carbonyl (C=O) groups is 1. The molecule has 1 saturated heterocycles. The van der Waals surface area contributed by atoms with Crippen molar-refractivity contribution in [3.63, 3.8) is 0 Å². The molecule has 1 aliphatic rings. The summed E-state index contributed by atoms with van der Waals surface area (Å²) >= 11 is 0. The third-order valence-corrected chi connectivity index (χ3v) is 2.67. The van der Waals surface area contributed by atoms with Crippen LogP contribution in [-0.2, 0) is 17.9 Å². The minimum Gasteiger partial charge on any atom is -0.447 e. The predicted octanol–water partition coefficient (Wildman–Crippen LogP) is -0.766. The van der Waals surface area contributed by atoms with Crippen LogP contribution in [0.25, 0.3) is 0 Å². The maximum absolute atomic E-state index is 11.6. The molecule has 0 atom stereocenters. The molecule has 0 saturated carbocycles.